The number of primary amides is 1. The highest BCUT2D eigenvalue weighted by atomic mass is 16.2. The fourth-order valence-corrected chi connectivity index (χ4v) is 1.79. The van der Waals surface area contributed by atoms with Crippen molar-refractivity contribution in [3.05, 3.63) is 0 Å². The van der Waals surface area contributed by atoms with E-state index in [1.807, 2.05) is 0 Å². The molecule has 0 spiro atoms. The van der Waals surface area contributed by atoms with Crippen molar-refractivity contribution < 1.29 is 9.59 Å². The highest BCUT2D eigenvalue weighted by molar-refractivity contribution is 5.81. The zero-order valence-electron chi connectivity index (χ0n) is 9.24. The fourth-order valence-electron chi connectivity index (χ4n) is 1.79. The van der Waals surface area contributed by atoms with Gasteiger partial charge >= 0.3 is 0 Å². The standard InChI is InChI=1S/C11H17N3O2/c1-2-5-13-7-10(15)14-6-3-4-9(8-14)11(12)16/h1,9,13H,3-8H2,(H2,12,16). The number of nitrogens with two attached hydrogens (primary N) is 1. The van der Waals surface area contributed by atoms with Crippen LogP contribution in [0.4, 0.5) is 0 Å². The van der Waals surface area contributed by atoms with Gasteiger partial charge in [-0.05, 0) is 12.8 Å². The summed E-state index contributed by atoms with van der Waals surface area (Å²) in [5.74, 6) is 1.84. The maximum absolute atomic E-state index is 11.7. The van der Waals surface area contributed by atoms with E-state index in [1.165, 1.54) is 0 Å². The molecule has 88 valence electrons. The third-order valence-electron chi connectivity index (χ3n) is 2.68. The van der Waals surface area contributed by atoms with Gasteiger partial charge < -0.3 is 10.6 Å². The summed E-state index contributed by atoms with van der Waals surface area (Å²) in [4.78, 5) is 24.4. The Kier molecular flexibility index (Phi) is 4.80. The highest BCUT2D eigenvalue weighted by Crippen LogP contribution is 2.15. The number of likely N-dealkylation sites (tertiary alicyclic amines) is 1. The van der Waals surface area contributed by atoms with Gasteiger partial charge in [0.1, 0.15) is 0 Å². The fraction of sp³-hybridized carbons (Fsp3) is 0.636. The van der Waals surface area contributed by atoms with Gasteiger partial charge in [-0.15, -0.1) is 6.42 Å². The third-order valence-corrected chi connectivity index (χ3v) is 2.68. The molecule has 5 nitrogen and oxygen atoms in total. The molecule has 0 aliphatic carbocycles. The first-order chi connectivity index (χ1) is 7.65. The molecule has 16 heavy (non-hydrogen) atoms. The van der Waals surface area contributed by atoms with Crippen molar-refractivity contribution in [2.24, 2.45) is 11.7 Å². The topological polar surface area (TPSA) is 75.4 Å². The van der Waals surface area contributed by atoms with E-state index in [9.17, 15) is 9.59 Å². The van der Waals surface area contributed by atoms with Crippen molar-refractivity contribution in [1.82, 2.24) is 10.2 Å². The van der Waals surface area contributed by atoms with Crippen LogP contribution >= 0.6 is 0 Å². The highest BCUT2D eigenvalue weighted by Gasteiger charge is 2.26. The van der Waals surface area contributed by atoms with Crippen molar-refractivity contribution >= 4 is 11.8 Å². The van der Waals surface area contributed by atoms with Crippen LogP contribution < -0.4 is 11.1 Å². The molecule has 1 aliphatic rings. The minimum atomic E-state index is -0.325. The summed E-state index contributed by atoms with van der Waals surface area (Å²) in [5.41, 5.74) is 5.23. The number of carbonyl (C=O) groups is 2. The summed E-state index contributed by atoms with van der Waals surface area (Å²) in [6.07, 6.45) is 6.66. The van der Waals surface area contributed by atoms with Gasteiger partial charge in [-0.1, -0.05) is 5.92 Å². The Balaban J connectivity index is 2.38. The van der Waals surface area contributed by atoms with Crippen molar-refractivity contribution in [3.8, 4) is 12.3 Å². The predicted octanol–water partition coefficient (Wildman–Crippen LogP) is -1.07. The van der Waals surface area contributed by atoms with Gasteiger partial charge in [-0.2, -0.15) is 0 Å². The Morgan fingerprint density at radius 1 is 1.56 bits per heavy atom. The number of terminal acetylenes is 1. The molecule has 1 heterocycles. The minimum Gasteiger partial charge on any atom is -0.369 e. The van der Waals surface area contributed by atoms with Crippen LogP contribution in [0.2, 0.25) is 0 Å². The summed E-state index contributed by atoms with van der Waals surface area (Å²) >= 11 is 0. The quantitative estimate of drug-likeness (QED) is 0.471. The lowest BCUT2D eigenvalue weighted by Crippen LogP contribution is -2.46. The van der Waals surface area contributed by atoms with Crippen LogP contribution in [0.25, 0.3) is 0 Å². The number of nitrogens with one attached hydrogen (secondary N) is 1. The number of rotatable bonds is 4. The van der Waals surface area contributed by atoms with E-state index in [1.54, 1.807) is 4.90 Å². The molecule has 0 bridgehead atoms. The molecular weight excluding hydrogens is 206 g/mol. The van der Waals surface area contributed by atoms with Crippen LogP contribution in [0.1, 0.15) is 12.8 Å². The average molecular weight is 223 g/mol. The maximum Gasteiger partial charge on any atom is 0.236 e. The molecule has 1 rings (SSSR count). The van der Waals surface area contributed by atoms with Gasteiger partial charge in [0.15, 0.2) is 0 Å². The molecule has 1 saturated heterocycles. The molecule has 1 aliphatic heterocycles. The largest absolute Gasteiger partial charge is 0.369 e. The molecule has 0 aromatic carbocycles. The Labute approximate surface area is 95.4 Å². The normalized spacial score (nSPS) is 20.2. The van der Waals surface area contributed by atoms with E-state index in [0.717, 1.165) is 12.8 Å². The Hall–Kier alpha value is -1.54. The summed E-state index contributed by atoms with van der Waals surface area (Å²) < 4.78 is 0. The molecule has 5 heteroatoms. The molecule has 1 atom stereocenters. The van der Waals surface area contributed by atoms with E-state index in [4.69, 9.17) is 12.2 Å². The first-order valence-electron chi connectivity index (χ1n) is 5.36. The maximum atomic E-state index is 11.7. The van der Waals surface area contributed by atoms with E-state index in [2.05, 4.69) is 11.2 Å². The molecule has 1 fully saturated rings. The lowest BCUT2D eigenvalue weighted by molar-refractivity contribution is -0.134. The average Bonchev–Trinajstić information content (AvgIpc) is 2.29. The lowest BCUT2D eigenvalue weighted by atomic mass is 9.97. The molecule has 0 radical (unpaired) electrons. The van der Waals surface area contributed by atoms with E-state index in [-0.39, 0.29) is 24.3 Å². The van der Waals surface area contributed by atoms with Crippen LogP contribution in [-0.4, -0.2) is 42.9 Å². The third kappa shape index (κ3) is 3.55. The smallest absolute Gasteiger partial charge is 0.236 e. The first kappa shape index (κ1) is 12.5. The van der Waals surface area contributed by atoms with E-state index < -0.39 is 0 Å². The molecule has 3 N–H and O–H groups in total. The van der Waals surface area contributed by atoms with Crippen molar-refractivity contribution in [2.75, 3.05) is 26.2 Å². The molecule has 0 aromatic heterocycles. The number of piperidine rings is 1. The van der Waals surface area contributed by atoms with Gasteiger partial charge in [0, 0.05) is 13.1 Å². The van der Waals surface area contributed by atoms with Crippen molar-refractivity contribution in [1.29, 1.82) is 0 Å². The molecule has 0 aromatic rings. The SMILES string of the molecule is C#CCNCC(=O)N1CCCC(C(N)=O)C1. The van der Waals surface area contributed by atoms with Crippen LogP contribution in [0.3, 0.4) is 0 Å². The second-order valence-corrected chi connectivity index (χ2v) is 3.89. The monoisotopic (exact) mass is 223 g/mol. The minimum absolute atomic E-state index is 0.0267. The van der Waals surface area contributed by atoms with Gasteiger partial charge in [-0.3, -0.25) is 14.9 Å². The van der Waals surface area contributed by atoms with Gasteiger partial charge in [0.05, 0.1) is 19.0 Å². The van der Waals surface area contributed by atoms with Gasteiger partial charge in [0.25, 0.3) is 0 Å². The number of amides is 2. The Morgan fingerprint density at radius 2 is 2.31 bits per heavy atom. The first-order valence-corrected chi connectivity index (χ1v) is 5.36. The lowest BCUT2D eigenvalue weighted by Gasteiger charge is -2.31. The zero-order valence-corrected chi connectivity index (χ0v) is 9.24. The predicted molar refractivity (Wildman–Crippen MR) is 60.2 cm³/mol. The molecule has 2 amide bonds. The second kappa shape index (κ2) is 6.13. The Bertz CT molecular complexity index is 309. The number of carbonyl (C=O) groups excluding carboxylic acids is 2. The molecule has 0 saturated carbocycles. The van der Waals surface area contributed by atoms with Crippen molar-refractivity contribution in [3.63, 3.8) is 0 Å². The zero-order chi connectivity index (χ0) is 12.0. The van der Waals surface area contributed by atoms with Crippen LogP contribution in [-0.2, 0) is 9.59 Å². The Morgan fingerprint density at radius 3 is 2.94 bits per heavy atom. The summed E-state index contributed by atoms with van der Waals surface area (Å²) in [6, 6.07) is 0. The summed E-state index contributed by atoms with van der Waals surface area (Å²) in [7, 11) is 0. The van der Waals surface area contributed by atoms with Crippen LogP contribution in [0, 0.1) is 18.3 Å². The van der Waals surface area contributed by atoms with Crippen LogP contribution in [0.5, 0.6) is 0 Å². The number of hydrogen-bond donors (Lipinski definition) is 2. The summed E-state index contributed by atoms with van der Waals surface area (Å²) in [5, 5.41) is 2.83. The van der Waals surface area contributed by atoms with Crippen molar-refractivity contribution in [2.45, 2.75) is 12.8 Å². The number of nitrogens with zero attached hydrogens (tertiary/aromatic N) is 1. The van der Waals surface area contributed by atoms with Crippen LogP contribution in [0.15, 0.2) is 0 Å². The van der Waals surface area contributed by atoms with Gasteiger partial charge in [-0.25, -0.2) is 0 Å². The van der Waals surface area contributed by atoms with E-state index >= 15 is 0 Å². The van der Waals surface area contributed by atoms with E-state index in [0.29, 0.717) is 19.6 Å². The second-order valence-electron chi connectivity index (χ2n) is 3.89. The van der Waals surface area contributed by atoms with Gasteiger partial charge in [0.2, 0.25) is 11.8 Å². The number of hydrogen-bond acceptors (Lipinski definition) is 3. The molecular formula is C11H17N3O2. The summed E-state index contributed by atoms with van der Waals surface area (Å²) in [6.45, 7) is 1.72. The molecule has 1 unspecified atom stereocenters.